The number of amides is 2. The molecular formula is C12H14FN3O3. The fraction of sp³-hybridized carbons (Fsp3) is 0.333. The standard InChI is InChI=1S/C12H14FN3O3/c1-2-10(17)15-11-6-16(12(18)19-11)7-3-4-9(14)8(13)5-7/h3-5,11H,2,6,14H2,1H3,(H,15,17)/t11-/m0/s1. The molecule has 0 aliphatic carbocycles. The molecular weight excluding hydrogens is 253 g/mol. The van der Waals surface area contributed by atoms with Crippen LogP contribution in [0.2, 0.25) is 0 Å². The highest BCUT2D eigenvalue weighted by molar-refractivity contribution is 5.90. The minimum absolute atomic E-state index is 0.00662. The minimum atomic E-state index is -0.722. The number of anilines is 2. The van der Waals surface area contributed by atoms with Crippen LogP contribution in [0.25, 0.3) is 0 Å². The Morgan fingerprint density at radius 2 is 2.37 bits per heavy atom. The molecule has 1 aliphatic rings. The SMILES string of the molecule is CCC(=O)N[C@@H]1CN(c2ccc(N)c(F)c2)C(=O)O1. The first kappa shape index (κ1) is 13.1. The summed E-state index contributed by atoms with van der Waals surface area (Å²) in [5, 5.41) is 2.54. The summed E-state index contributed by atoms with van der Waals surface area (Å²) in [6, 6.07) is 4.04. The van der Waals surface area contributed by atoms with Gasteiger partial charge in [0, 0.05) is 6.42 Å². The van der Waals surface area contributed by atoms with E-state index in [0.717, 1.165) is 6.07 Å². The van der Waals surface area contributed by atoms with Crippen LogP contribution in [-0.2, 0) is 9.53 Å². The summed E-state index contributed by atoms with van der Waals surface area (Å²) in [5.74, 6) is -0.825. The van der Waals surface area contributed by atoms with Crippen molar-refractivity contribution in [3.8, 4) is 0 Å². The Kier molecular flexibility index (Phi) is 3.55. The smallest absolute Gasteiger partial charge is 0.416 e. The number of hydrogen-bond acceptors (Lipinski definition) is 4. The molecule has 0 aromatic heterocycles. The Hall–Kier alpha value is -2.31. The van der Waals surface area contributed by atoms with Crippen LogP contribution in [0.1, 0.15) is 13.3 Å². The number of ether oxygens (including phenoxy) is 1. The maximum absolute atomic E-state index is 13.3. The number of benzene rings is 1. The van der Waals surface area contributed by atoms with Gasteiger partial charge in [0.05, 0.1) is 17.9 Å². The first-order valence-corrected chi connectivity index (χ1v) is 5.83. The molecule has 1 fully saturated rings. The molecule has 1 aliphatic heterocycles. The highest BCUT2D eigenvalue weighted by Crippen LogP contribution is 2.24. The molecule has 2 amide bonds. The zero-order chi connectivity index (χ0) is 14.0. The van der Waals surface area contributed by atoms with E-state index in [1.165, 1.54) is 17.0 Å². The average Bonchev–Trinajstić information content (AvgIpc) is 2.73. The Balaban J connectivity index is 2.11. The molecule has 1 aromatic carbocycles. The molecule has 102 valence electrons. The molecule has 0 bridgehead atoms. The van der Waals surface area contributed by atoms with Crippen molar-refractivity contribution in [2.45, 2.75) is 19.6 Å². The zero-order valence-electron chi connectivity index (χ0n) is 10.4. The second-order valence-corrected chi connectivity index (χ2v) is 4.11. The lowest BCUT2D eigenvalue weighted by molar-refractivity contribution is -0.123. The molecule has 1 atom stereocenters. The van der Waals surface area contributed by atoms with Gasteiger partial charge >= 0.3 is 6.09 Å². The van der Waals surface area contributed by atoms with Gasteiger partial charge in [-0.2, -0.15) is 0 Å². The van der Waals surface area contributed by atoms with Gasteiger partial charge in [0.25, 0.3) is 0 Å². The summed E-state index contributed by atoms with van der Waals surface area (Å²) in [6.07, 6.45) is -1.06. The Morgan fingerprint density at radius 3 is 3.00 bits per heavy atom. The second kappa shape index (κ2) is 5.13. The van der Waals surface area contributed by atoms with Crippen molar-refractivity contribution in [1.29, 1.82) is 0 Å². The second-order valence-electron chi connectivity index (χ2n) is 4.11. The molecule has 0 unspecified atom stereocenters. The minimum Gasteiger partial charge on any atom is -0.423 e. The third-order valence-electron chi connectivity index (χ3n) is 2.75. The van der Waals surface area contributed by atoms with Crippen molar-refractivity contribution in [3.63, 3.8) is 0 Å². The van der Waals surface area contributed by atoms with Gasteiger partial charge < -0.3 is 15.8 Å². The number of nitrogen functional groups attached to an aromatic ring is 1. The van der Waals surface area contributed by atoms with E-state index in [1.807, 2.05) is 0 Å². The number of nitrogens with two attached hydrogens (primary N) is 1. The Bertz CT molecular complexity index is 521. The van der Waals surface area contributed by atoms with E-state index in [2.05, 4.69) is 5.32 Å². The predicted octanol–water partition coefficient (Wildman–Crippen LogP) is 1.22. The molecule has 0 radical (unpaired) electrons. The van der Waals surface area contributed by atoms with E-state index in [-0.39, 0.29) is 18.1 Å². The highest BCUT2D eigenvalue weighted by Gasteiger charge is 2.33. The Labute approximate surface area is 109 Å². The monoisotopic (exact) mass is 267 g/mol. The lowest BCUT2D eigenvalue weighted by atomic mass is 10.2. The van der Waals surface area contributed by atoms with Gasteiger partial charge in [-0.3, -0.25) is 9.69 Å². The third-order valence-corrected chi connectivity index (χ3v) is 2.75. The van der Waals surface area contributed by atoms with Crippen molar-refractivity contribution >= 4 is 23.4 Å². The molecule has 0 spiro atoms. The number of cyclic esters (lactones) is 1. The van der Waals surface area contributed by atoms with Crippen molar-refractivity contribution < 1.29 is 18.7 Å². The van der Waals surface area contributed by atoms with Gasteiger partial charge in [0.15, 0.2) is 6.23 Å². The number of carbonyl (C=O) groups is 2. The zero-order valence-corrected chi connectivity index (χ0v) is 10.4. The molecule has 7 heteroatoms. The van der Waals surface area contributed by atoms with Crippen LogP contribution >= 0.6 is 0 Å². The maximum Gasteiger partial charge on any atom is 0.416 e. The summed E-state index contributed by atoms with van der Waals surface area (Å²) >= 11 is 0. The summed E-state index contributed by atoms with van der Waals surface area (Å²) in [6.45, 7) is 1.83. The fourth-order valence-electron chi connectivity index (χ4n) is 1.71. The van der Waals surface area contributed by atoms with Gasteiger partial charge in [-0.15, -0.1) is 0 Å². The van der Waals surface area contributed by atoms with Gasteiger partial charge in [-0.25, -0.2) is 9.18 Å². The van der Waals surface area contributed by atoms with Crippen molar-refractivity contribution in [3.05, 3.63) is 24.0 Å². The summed E-state index contributed by atoms with van der Waals surface area (Å²) in [5.41, 5.74) is 5.71. The third kappa shape index (κ3) is 2.75. The van der Waals surface area contributed by atoms with Crippen LogP contribution in [0.15, 0.2) is 18.2 Å². The number of rotatable bonds is 3. The first-order chi connectivity index (χ1) is 9.01. The molecule has 3 N–H and O–H groups in total. The van der Waals surface area contributed by atoms with Crippen LogP contribution < -0.4 is 16.0 Å². The summed E-state index contributed by atoms with van der Waals surface area (Å²) < 4.78 is 18.3. The molecule has 1 aromatic rings. The summed E-state index contributed by atoms with van der Waals surface area (Å²) in [7, 11) is 0. The normalized spacial score (nSPS) is 18.3. The van der Waals surface area contributed by atoms with E-state index in [0.29, 0.717) is 12.1 Å². The van der Waals surface area contributed by atoms with Crippen LogP contribution in [-0.4, -0.2) is 24.8 Å². The lowest BCUT2D eigenvalue weighted by Crippen LogP contribution is -2.37. The van der Waals surface area contributed by atoms with Gasteiger partial charge in [0.1, 0.15) is 5.82 Å². The van der Waals surface area contributed by atoms with Crippen LogP contribution in [0.5, 0.6) is 0 Å². The highest BCUT2D eigenvalue weighted by atomic mass is 19.1. The molecule has 6 nitrogen and oxygen atoms in total. The van der Waals surface area contributed by atoms with Crippen LogP contribution in [0.3, 0.4) is 0 Å². The van der Waals surface area contributed by atoms with Gasteiger partial charge in [-0.05, 0) is 18.2 Å². The number of carbonyl (C=O) groups excluding carboxylic acids is 2. The van der Waals surface area contributed by atoms with Gasteiger partial charge in [-0.1, -0.05) is 6.92 Å². The average molecular weight is 267 g/mol. The quantitative estimate of drug-likeness (QED) is 0.806. The number of nitrogens with one attached hydrogen (secondary N) is 1. The Morgan fingerprint density at radius 1 is 1.63 bits per heavy atom. The van der Waals surface area contributed by atoms with E-state index in [9.17, 15) is 14.0 Å². The van der Waals surface area contributed by atoms with Gasteiger partial charge in [0.2, 0.25) is 5.91 Å². The number of hydrogen-bond donors (Lipinski definition) is 2. The number of nitrogens with zero attached hydrogens (tertiary/aromatic N) is 1. The number of halogens is 1. The summed E-state index contributed by atoms with van der Waals surface area (Å²) in [4.78, 5) is 24.1. The van der Waals surface area contributed by atoms with Crippen LogP contribution in [0.4, 0.5) is 20.6 Å². The fourth-order valence-corrected chi connectivity index (χ4v) is 1.71. The van der Waals surface area contributed by atoms with E-state index >= 15 is 0 Å². The molecule has 1 saturated heterocycles. The topological polar surface area (TPSA) is 84.7 Å². The van der Waals surface area contributed by atoms with E-state index in [1.54, 1.807) is 6.92 Å². The van der Waals surface area contributed by atoms with Crippen LogP contribution in [0, 0.1) is 5.82 Å². The first-order valence-electron chi connectivity index (χ1n) is 5.83. The van der Waals surface area contributed by atoms with Crippen molar-refractivity contribution in [2.24, 2.45) is 0 Å². The molecule has 2 rings (SSSR count). The largest absolute Gasteiger partial charge is 0.423 e. The van der Waals surface area contributed by atoms with Crippen molar-refractivity contribution in [2.75, 3.05) is 17.2 Å². The molecule has 19 heavy (non-hydrogen) atoms. The van der Waals surface area contributed by atoms with E-state index < -0.39 is 18.1 Å². The molecule has 1 heterocycles. The lowest BCUT2D eigenvalue weighted by Gasteiger charge is -2.13. The van der Waals surface area contributed by atoms with Crippen molar-refractivity contribution in [1.82, 2.24) is 5.32 Å². The maximum atomic E-state index is 13.3. The van der Waals surface area contributed by atoms with E-state index in [4.69, 9.17) is 10.5 Å². The predicted molar refractivity (Wildman–Crippen MR) is 66.9 cm³/mol. The molecule has 0 saturated carbocycles.